The molecule has 172 valence electrons. The third-order valence-electron chi connectivity index (χ3n) is 5.01. The van der Waals surface area contributed by atoms with E-state index < -0.39 is 23.6 Å². The summed E-state index contributed by atoms with van der Waals surface area (Å²) < 4.78 is 57.6. The molecule has 0 spiro atoms. The van der Waals surface area contributed by atoms with Gasteiger partial charge in [-0.05, 0) is 53.2 Å². The first kappa shape index (κ1) is 22.9. The van der Waals surface area contributed by atoms with Crippen LogP contribution in [0.4, 0.5) is 17.6 Å². The lowest BCUT2D eigenvalue weighted by atomic mass is 10.1. The summed E-state index contributed by atoms with van der Waals surface area (Å²) in [7, 11) is 1.52. The Balaban J connectivity index is 1.74. The smallest absolute Gasteiger partial charge is 0.334 e. The van der Waals surface area contributed by atoms with Crippen LogP contribution >= 0.6 is 15.9 Å². The van der Waals surface area contributed by atoms with Gasteiger partial charge in [-0.3, -0.25) is 9.48 Å². The quantitative estimate of drug-likeness (QED) is 0.351. The Labute approximate surface area is 193 Å². The lowest BCUT2D eigenvalue weighted by Crippen LogP contribution is -2.28. The van der Waals surface area contributed by atoms with Crippen molar-refractivity contribution in [3.63, 3.8) is 0 Å². The zero-order valence-electron chi connectivity index (χ0n) is 17.4. The van der Waals surface area contributed by atoms with E-state index in [2.05, 4.69) is 31.1 Å². The van der Waals surface area contributed by atoms with E-state index in [1.165, 1.54) is 30.1 Å². The van der Waals surface area contributed by atoms with Gasteiger partial charge in [-0.1, -0.05) is 0 Å². The standard InChI is InChI=1S/C21H17BrF4N6O/c1-3-31-17(14(22)10-27-31)11-30(2)20(33)16-9-19-28-15(12-4-6-13(23)7-5-12)8-18(21(24,25)26)32(19)29-16/h4-10H,3,11H2,1-2H3. The average Bonchev–Trinajstić information content (AvgIpc) is 3.35. The van der Waals surface area contributed by atoms with Crippen LogP contribution < -0.4 is 0 Å². The van der Waals surface area contributed by atoms with Gasteiger partial charge in [-0.2, -0.15) is 23.4 Å². The van der Waals surface area contributed by atoms with Crippen LogP contribution in [0.3, 0.4) is 0 Å². The number of hydrogen-bond donors (Lipinski definition) is 0. The Morgan fingerprint density at radius 1 is 1.18 bits per heavy atom. The predicted molar refractivity (Wildman–Crippen MR) is 115 cm³/mol. The monoisotopic (exact) mass is 524 g/mol. The van der Waals surface area contributed by atoms with Crippen LogP contribution in [0.25, 0.3) is 16.9 Å². The molecule has 0 aliphatic rings. The van der Waals surface area contributed by atoms with Crippen molar-refractivity contribution in [3.8, 4) is 11.3 Å². The molecule has 12 heteroatoms. The minimum atomic E-state index is -4.76. The maximum Gasteiger partial charge on any atom is 0.433 e. The van der Waals surface area contributed by atoms with E-state index in [4.69, 9.17) is 0 Å². The van der Waals surface area contributed by atoms with Crippen molar-refractivity contribution in [1.82, 2.24) is 29.3 Å². The Morgan fingerprint density at radius 3 is 2.52 bits per heavy atom. The molecule has 0 saturated heterocycles. The first-order valence-corrected chi connectivity index (χ1v) is 10.6. The van der Waals surface area contributed by atoms with Gasteiger partial charge in [-0.25, -0.2) is 13.9 Å². The highest BCUT2D eigenvalue weighted by atomic mass is 79.9. The normalized spacial score (nSPS) is 11.8. The molecule has 4 rings (SSSR count). The first-order valence-electron chi connectivity index (χ1n) is 9.78. The summed E-state index contributed by atoms with van der Waals surface area (Å²) in [4.78, 5) is 18.5. The number of halogens is 5. The van der Waals surface area contributed by atoms with Gasteiger partial charge < -0.3 is 4.90 Å². The summed E-state index contributed by atoms with van der Waals surface area (Å²) in [6.07, 6.45) is -3.15. The lowest BCUT2D eigenvalue weighted by molar-refractivity contribution is -0.142. The molecular formula is C21H17BrF4N6O. The van der Waals surface area contributed by atoms with Gasteiger partial charge in [0.1, 0.15) is 5.82 Å². The maximum atomic E-state index is 13.8. The first-order chi connectivity index (χ1) is 15.6. The van der Waals surface area contributed by atoms with E-state index in [-0.39, 0.29) is 23.6 Å². The topological polar surface area (TPSA) is 68.3 Å². The van der Waals surface area contributed by atoms with Crippen LogP contribution in [-0.4, -0.2) is 42.2 Å². The molecule has 0 atom stereocenters. The Hall–Kier alpha value is -3.28. The number of benzene rings is 1. The van der Waals surface area contributed by atoms with Crippen molar-refractivity contribution in [2.45, 2.75) is 26.2 Å². The number of rotatable bonds is 5. The average molecular weight is 525 g/mol. The van der Waals surface area contributed by atoms with Crippen LogP contribution in [0.1, 0.15) is 28.8 Å². The van der Waals surface area contributed by atoms with E-state index in [9.17, 15) is 22.4 Å². The van der Waals surface area contributed by atoms with E-state index >= 15 is 0 Å². The van der Waals surface area contributed by atoms with E-state index in [1.807, 2.05) is 6.92 Å². The van der Waals surface area contributed by atoms with Crippen molar-refractivity contribution < 1.29 is 22.4 Å². The molecule has 0 aliphatic carbocycles. The number of hydrogen-bond acceptors (Lipinski definition) is 4. The fourth-order valence-corrected chi connectivity index (χ4v) is 3.78. The number of carbonyl (C=O) groups excluding carboxylic acids is 1. The number of alkyl halides is 3. The highest BCUT2D eigenvalue weighted by molar-refractivity contribution is 9.10. The molecule has 4 aromatic rings. The fourth-order valence-electron chi connectivity index (χ4n) is 3.36. The molecule has 1 amide bonds. The highest BCUT2D eigenvalue weighted by Gasteiger charge is 2.36. The summed E-state index contributed by atoms with van der Waals surface area (Å²) in [5, 5.41) is 8.08. The van der Waals surface area contributed by atoms with Gasteiger partial charge >= 0.3 is 6.18 Å². The summed E-state index contributed by atoms with van der Waals surface area (Å²) in [6, 6.07) is 6.95. The Morgan fingerprint density at radius 2 is 1.88 bits per heavy atom. The van der Waals surface area contributed by atoms with Crippen molar-refractivity contribution in [1.29, 1.82) is 0 Å². The largest absolute Gasteiger partial charge is 0.433 e. The third-order valence-corrected chi connectivity index (χ3v) is 5.67. The molecule has 0 aliphatic heterocycles. The third kappa shape index (κ3) is 4.47. The van der Waals surface area contributed by atoms with Crippen LogP contribution in [0, 0.1) is 5.82 Å². The molecule has 1 aromatic carbocycles. The zero-order valence-corrected chi connectivity index (χ0v) is 19.0. The highest BCUT2D eigenvalue weighted by Crippen LogP contribution is 2.32. The molecule has 7 nitrogen and oxygen atoms in total. The Bertz CT molecular complexity index is 1330. The van der Waals surface area contributed by atoms with E-state index in [0.717, 1.165) is 23.9 Å². The summed E-state index contributed by atoms with van der Waals surface area (Å²) in [5.74, 6) is -1.10. The van der Waals surface area contributed by atoms with Gasteiger partial charge in [0.05, 0.1) is 28.6 Å². The summed E-state index contributed by atoms with van der Waals surface area (Å²) in [5.41, 5.74) is -0.414. The molecule has 0 fully saturated rings. The Kier molecular flexibility index (Phi) is 5.95. The lowest BCUT2D eigenvalue weighted by Gasteiger charge is -2.17. The zero-order chi connectivity index (χ0) is 23.9. The maximum absolute atomic E-state index is 13.8. The molecule has 33 heavy (non-hydrogen) atoms. The van der Waals surface area contributed by atoms with Crippen molar-refractivity contribution in [3.05, 3.63) is 70.0 Å². The van der Waals surface area contributed by atoms with Crippen LogP contribution in [0.2, 0.25) is 0 Å². The van der Waals surface area contributed by atoms with Gasteiger partial charge in [0.2, 0.25) is 0 Å². The van der Waals surface area contributed by atoms with Crippen molar-refractivity contribution >= 4 is 27.5 Å². The second kappa shape index (κ2) is 8.58. The van der Waals surface area contributed by atoms with Gasteiger partial charge in [0.15, 0.2) is 17.0 Å². The van der Waals surface area contributed by atoms with Gasteiger partial charge in [0.25, 0.3) is 5.91 Å². The second-order valence-electron chi connectivity index (χ2n) is 7.25. The number of aryl methyl sites for hydroxylation is 1. The summed E-state index contributed by atoms with van der Waals surface area (Å²) >= 11 is 3.39. The fraction of sp³-hybridized carbons (Fsp3) is 0.238. The van der Waals surface area contributed by atoms with E-state index in [0.29, 0.717) is 21.1 Å². The predicted octanol–water partition coefficient (Wildman–Crippen LogP) is 4.81. The number of amides is 1. The van der Waals surface area contributed by atoms with Gasteiger partial charge in [0, 0.05) is 25.2 Å². The minimum absolute atomic E-state index is 0.0159. The second-order valence-corrected chi connectivity index (χ2v) is 8.10. The number of aromatic nitrogens is 5. The summed E-state index contributed by atoms with van der Waals surface area (Å²) in [6.45, 7) is 2.65. The number of nitrogens with zero attached hydrogens (tertiary/aromatic N) is 6. The van der Waals surface area contributed by atoms with Crippen LogP contribution in [0.15, 0.2) is 47.1 Å². The van der Waals surface area contributed by atoms with Crippen LogP contribution in [0.5, 0.6) is 0 Å². The van der Waals surface area contributed by atoms with Crippen molar-refractivity contribution in [2.75, 3.05) is 7.05 Å². The van der Waals surface area contributed by atoms with Gasteiger partial charge in [-0.15, -0.1) is 0 Å². The molecular weight excluding hydrogens is 508 g/mol. The SMILES string of the molecule is CCn1ncc(Br)c1CN(C)C(=O)c1cc2nc(-c3ccc(F)cc3)cc(C(F)(F)F)n2n1. The minimum Gasteiger partial charge on any atom is -0.334 e. The molecule has 0 radical (unpaired) electrons. The molecule has 0 saturated carbocycles. The molecule has 0 unspecified atom stereocenters. The number of fused-ring (bicyclic) bond motifs is 1. The van der Waals surface area contributed by atoms with Crippen LogP contribution in [-0.2, 0) is 19.3 Å². The van der Waals surface area contributed by atoms with E-state index in [1.54, 1.807) is 10.9 Å². The number of carbonyl (C=O) groups is 1. The molecule has 0 bridgehead atoms. The molecule has 3 heterocycles. The molecule has 3 aromatic heterocycles. The van der Waals surface area contributed by atoms with Crippen molar-refractivity contribution in [2.24, 2.45) is 0 Å². The molecule has 0 N–H and O–H groups in total.